The summed E-state index contributed by atoms with van der Waals surface area (Å²) in [7, 11) is 1.85. The van der Waals surface area contributed by atoms with Crippen molar-refractivity contribution in [1.82, 2.24) is 4.90 Å². The van der Waals surface area contributed by atoms with E-state index in [0.29, 0.717) is 30.0 Å². The predicted octanol–water partition coefficient (Wildman–Crippen LogP) is 5.19. The lowest BCUT2D eigenvalue weighted by atomic mass is 9.48. The van der Waals surface area contributed by atoms with Crippen LogP contribution in [0.15, 0.2) is 10.3 Å². The zero-order valence-corrected chi connectivity index (χ0v) is 18.2. The highest BCUT2D eigenvalue weighted by Gasteiger charge is 2.63. The van der Waals surface area contributed by atoms with Gasteiger partial charge < -0.3 is 9.64 Å². The van der Waals surface area contributed by atoms with Gasteiger partial charge in [-0.05, 0) is 90.5 Å². The van der Waals surface area contributed by atoms with E-state index in [2.05, 4.69) is 29.8 Å². The number of ether oxygens (including phenoxy) is 1. The van der Waals surface area contributed by atoms with Crippen molar-refractivity contribution in [2.45, 2.75) is 83.5 Å². The van der Waals surface area contributed by atoms with Gasteiger partial charge in [-0.1, -0.05) is 13.8 Å². The maximum absolute atomic E-state index is 15.5. The van der Waals surface area contributed by atoms with Gasteiger partial charge in [0, 0.05) is 18.5 Å². The number of halogens is 2. The van der Waals surface area contributed by atoms with Crippen molar-refractivity contribution in [3.05, 3.63) is 10.3 Å². The molecule has 4 fully saturated rings. The summed E-state index contributed by atoms with van der Waals surface area (Å²) in [4.78, 5) is 14.2. The molecule has 7 atom stereocenters. The fourth-order valence-electron chi connectivity index (χ4n) is 7.48. The van der Waals surface area contributed by atoms with Crippen molar-refractivity contribution in [2.75, 3.05) is 7.05 Å². The van der Waals surface area contributed by atoms with E-state index in [1.807, 2.05) is 7.05 Å². The molecular weight excluding hydrogens is 409 g/mol. The second kappa shape index (κ2) is 6.04. The molecule has 1 aliphatic heterocycles. The van der Waals surface area contributed by atoms with Crippen LogP contribution in [0.25, 0.3) is 0 Å². The average molecular weight is 440 g/mol. The molecule has 150 valence electrons. The van der Waals surface area contributed by atoms with Crippen LogP contribution < -0.4 is 0 Å². The number of rotatable bonds is 2. The predicted molar refractivity (Wildman–Crippen MR) is 106 cm³/mol. The van der Waals surface area contributed by atoms with Crippen LogP contribution in [0, 0.1) is 28.6 Å². The molecule has 0 N–H and O–H groups in total. The first kappa shape index (κ1) is 18.6. The van der Waals surface area contributed by atoms with Crippen LogP contribution >= 0.6 is 15.9 Å². The van der Waals surface area contributed by atoms with Gasteiger partial charge in [0.25, 0.3) is 5.91 Å². The van der Waals surface area contributed by atoms with E-state index in [-0.39, 0.29) is 27.7 Å². The van der Waals surface area contributed by atoms with E-state index in [0.717, 1.165) is 25.7 Å². The van der Waals surface area contributed by atoms with Crippen LogP contribution in [0.2, 0.25) is 0 Å². The second-order valence-electron chi connectivity index (χ2n) is 10.2. The van der Waals surface area contributed by atoms with E-state index in [9.17, 15) is 4.79 Å². The Kier molecular flexibility index (Phi) is 4.16. The third-order valence-corrected chi connectivity index (χ3v) is 9.80. The standard InChI is InChI=1S/C22H31BrFNO2/c1-21-11-10-15-13(14(21)7-9-17(21)27-12-4-5-12)6-8-16-22(15,2)19(24)18(23)20(26)25(16)3/h12-17H,4-11H2,1-3H3/t13-,14-,15-,16+,17-,21-,22+/m0/s1. The number of hydrogen-bond donors (Lipinski definition) is 0. The van der Waals surface area contributed by atoms with Crippen molar-refractivity contribution in [2.24, 2.45) is 28.6 Å². The van der Waals surface area contributed by atoms with E-state index < -0.39 is 5.41 Å². The van der Waals surface area contributed by atoms with Crippen LogP contribution in [0.5, 0.6) is 0 Å². The number of hydrogen-bond acceptors (Lipinski definition) is 2. The quantitative estimate of drug-likeness (QED) is 0.591. The zero-order chi connectivity index (χ0) is 19.1. The highest BCUT2D eigenvalue weighted by Crippen LogP contribution is 2.66. The van der Waals surface area contributed by atoms with Gasteiger partial charge in [0.1, 0.15) is 10.3 Å². The number of likely N-dealkylation sites (N-methyl/N-ethyl adjacent to an activating group) is 1. The van der Waals surface area contributed by atoms with Crippen LogP contribution in [0.1, 0.15) is 65.2 Å². The molecule has 0 spiro atoms. The number of nitrogens with zero attached hydrogens (tertiary/aromatic N) is 1. The third kappa shape index (κ3) is 2.43. The summed E-state index contributed by atoms with van der Waals surface area (Å²) in [6, 6.07) is -0.0168. The molecule has 27 heavy (non-hydrogen) atoms. The molecule has 5 aliphatic rings. The fraction of sp³-hybridized carbons (Fsp3) is 0.864. The SMILES string of the molecule is CN1C(=O)C(Br)=C(F)[C@]2(C)[C@H]3CC[C@]4(C)[C@@H](OC5CC5)CC[C@H]4[C@@H]3CC[C@@H]12. The summed E-state index contributed by atoms with van der Waals surface area (Å²) in [5.41, 5.74) is -0.304. The number of carbonyl (C=O) groups excluding carboxylic acids is 1. The summed E-state index contributed by atoms with van der Waals surface area (Å²) in [5, 5.41) is 0. The lowest BCUT2D eigenvalue weighted by Gasteiger charge is -2.60. The smallest absolute Gasteiger partial charge is 0.263 e. The molecule has 5 rings (SSSR count). The van der Waals surface area contributed by atoms with Crippen molar-refractivity contribution in [3.8, 4) is 0 Å². The first-order valence-electron chi connectivity index (χ1n) is 10.8. The van der Waals surface area contributed by atoms with Gasteiger partial charge >= 0.3 is 0 Å². The Balaban J connectivity index is 1.48. The Morgan fingerprint density at radius 1 is 1.07 bits per heavy atom. The van der Waals surface area contributed by atoms with Gasteiger partial charge in [-0.25, -0.2) is 4.39 Å². The molecule has 4 saturated carbocycles. The summed E-state index contributed by atoms with van der Waals surface area (Å²) >= 11 is 3.28. The van der Waals surface area contributed by atoms with Crippen molar-refractivity contribution < 1.29 is 13.9 Å². The minimum atomic E-state index is -0.554. The lowest BCUT2D eigenvalue weighted by Crippen LogP contribution is -2.61. The Bertz CT molecular complexity index is 706. The Morgan fingerprint density at radius 2 is 1.81 bits per heavy atom. The van der Waals surface area contributed by atoms with E-state index >= 15 is 4.39 Å². The van der Waals surface area contributed by atoms with Crippen LogP contribution in [0.3, 0.4) is 0 Å². The molecule has 1 amide bonds. The van der Waals surface area contributed by atoms with Crippen LogP contribution in [0.4, 0.5) is 4.39 Å². The van der Waals surface area contributed by atoms with Crippen molar-refractivity contribution in [3.63, 3.8) is 0 Å². The highest BCUT2D eigenvalue weighted by molar-refractivity contribution is 9.12. The number of amides is 1. The van der Waals surface area contributed by atoms with Gasteiger partial charge in [-0.3, -0.25) is 4.79 Å². The van der Waals surface area contributed by atoms with E-state index in [1.54, 1.807) is 4.90 Å². The largest absolute Gasteiger partial charge is 0.374 e. The number of fused-ring (bicyclic) bond motifs is 5. The van der Waals surface area contributed by atoms with E-state index in [4.69, 9.17) is 4.74 Å². The molecule has 4 aliphatic carbocycles. The van der Waals surface area contributed by atoms with Gasteiger partial charge in [0.2, 0.25) is 0 Å². The Morgan fingerprint density at radius 3 is 2.52 bits per heavy atom. The van der Waals surface area contributed by atoms with Crippen molar-refractivity contribution in [1.29, 1.82) is 0 Å². The molecule has 0 aromatic carbocycles. The summed E-state index contributed by atoms with van der Waals surface area (Å²) in [6.45, 7) is 4.53. The first-order valence-corrected chi connectivity index (χ1v) is 11.6. The highest BCUT2D eigenvalue weighted by atomic mass is 79.9. The molecule has 0 aromatic heterocycles. The monoisotopic (exact) mass is 439 g/mol. The molecule has 0 saturated heterocycles. The number of carbonyl (C=O) groups is 1. The fourth-order valence-corrected chi connectivity index (χ4v) is 8.18. The van der Waals surface area contributed by atoms with Crippen LogP contribution in [-0.2, 0) is 9.53 Å². The molecular formula is C22H31BrFNO2. The lowest BCUT2D eigenvalue weighted by molar-refractivity contribution is -0.147. The van der Waals surface area contributed by atoms with E-state index in [1.165, 1.54) is 25.7 Å². The maximum Gasteiger partial charge on any atom is 0.263 e. The third-order valence-electron chi connectivity index (χ3n) is 9.11. The molecule has 0 unspecified atom stereocenters. The van der Waals surface area contributed by atoms with Gasteiger partial charge in [0.05, 0.1) is 12.2 Å². The maximum atomic E-state index is 15.5. The molecule has 0 bridgehead atoms. The summed E-state index contributed by atoms with van der Waals surface area (Å²) in [6.07, 6.45) is 9.94. The molecule has 0 radical (unpaired) electrons. The minimum absolute atomic E-state index is 0.0168. The molecule has 1 heterocycles. The molecule has 0 aromatic rings. The van der Waals surface area contributed by atoms with Gasteiger partial charge in [-0.15, -0.1) is 0 Å². The minimum Gasteiger partial charge on any atom is -0.374 e. The van der Waals surface area contributed by atoms with Gasteiger partial charge in [0.15, 0.2) is 0 Å². The zero-order valence-electron chi connectivity index (χ0n) is 16.6. The molecule has 5 heteroatoms. The second-order valence-corrected chi connectivity index (χ2v) is 11.0. The average Bonchev–Trinajstić information content (AvgIpc) is 3.40. The van der Waals surface area contributed by atoms with Crippen molar-refractivity contribution >= 4 is 21.8 Å². The van der Waals surface area contributed by atoms with Gasteiger partial charge in [-0.2, -0.15) is 0 Å². The summed E-state index contributed by atoms with van der Waals surface area (Å²) in [5.74, 6) is 1.10. The Labute approximate surface area is 170 Å². The van der Waals surface area contributed by atoms with Crippen LogP contribution in [-0.4, -0.2) is 36.1 Å². The summed E-state index contributed by atoms with van der Waals surface area (Å²) < 4.78 is 22.1. The first-order chi connectivity index (χ1) is 12.8. The topological polar surface area (TPSA) is 29.5 Å². The molecule has 3 nitrogen and oxygen atoms in total. The Hall–Kier alpha value is -0.420. The normalized spacial score (nSPS) is 49.7.